The molecule has 1 amide bonds. The number of anilines is 1. The monoisotopic (exact) mass is 267 g/mol. The lowest BCUT2D eigenvalue weighted by atomic mass is 9.95. The number of aliphatic carboxylic acids is 1. The molecule has 1 saturated carbocycles. The molecule has 1 aromatic heterocycles. The van der Waals surface area contributed by atoms with Crippen molar-refractivity contribution >= 4 is 17.8 Å². The van der Waals surface area contributed by atoms with Gasteiger partial charge in [0.25, 0.3) is 5.91 Å². The van der Waals surface area contributed by atoms with E-state index in [1.54, 1.807) is 0 Å². The average Bonchev–Trinajstić information content (AvgIpc) is 2.65. The highest BCUT2D eigenvalue weighted by Crippen LogP contribution is 2.24. The number of hydrogen-bond donors (Lipinski definition) is 4. The second-order valence-corrected chi connectivity index (χ2v) is 4.70. The SMILES string of the molecule is Nc1n[nH]c(C(=O)NC2CCCCCC2C(=O)O)n1. The molecule has 2 unspecified atom stereocenters. The first-order chi connectivity index (χ1) is 9.08. The minimum Gasteiger partial charge on any atom is -0.481 e. The molecule has 104 valence electrons. The third-order valence-corrected chi connectivity index (χ3v) is 3.37. The molecular weight excluding hydrogens is 250 g/mol. The van der Waals surface area contributed by atoms with Gasteiger partial charge in [0.1, 0.15) is 0 Å². The summed E-state index contributed by atoms with van der Waals surface area (Å²) in [5.74, 6) is -1.90. The zero-order chi connectivity index (χ0) is 13.8. The van der Waals surface area contributed by atoms with Crippen molar-refractivity contribution in [3.63, 3.8) is 0 Å². The molecule has 0 bridgehead atoms. The number of carbonyl (C=O) groups excluding carboxylic acids is 1. The van der Waals surface area contributed by atoms with E-state index in [1.165, 1.54) is 0 Å². The summed E-state index contributed by atoms with van der Waals surface area (Å²) < 4.78 is 0. The maximum absolute atomic E-state index is 11.9. The molecule has 19 heavy (non-hydrogen) atoms. The summed E-state index contributed by atoms with van der Waals surface area (Å²) in [5.41, 5.74) is 5.32. The normalized spacial score (nSPS) is 23.6. The molecule has 1 aliphatic rings. The summed E-state index contributed by atoms with van der Waals surface area (Å²) in [4.78, 5) is 26.9. The Hall–Kier alpha value is -2.12. The van der Waals surface area contributed by atoms with Crippen molar-refractivity contribution in [2.75, 3.05) is 5.73 Å². The van der Waals surface area contributed by atoms with Gasteiger partial charge < -0.3 is 16.2 Å². The van der Waals surface area contributed by atoms with Crippen LogP contribution in [0.25, 0.3) is 0 Å². The van der Waals surface area contributed by atoms with Crippen LogP contribution in [0.2, 0.25) is 0 Å². The lowest BCUT2D eigenvalue weighted by Gasteiger charge is -2.22. The molecule has 0 aliphatic heterocycles. The van der Waals surface area contributed by atoms with Crippen LogP contribution in [0.3, 0.4) is 0 Å². The van der Waals surface area contributed by atoms with Crippen molar-refractivity contribution in [3.05, 3.63) is 5.82 Å². The number of hydrogen-bond acceptors (Lipinski definition) is 5. The van der Waals surface area contributed by atoms with Gasteiger partial charge in [-0.15, -0.1) is 5.10 Å². The summed E-state index contributed by atoms with van der Waals surface area (Å²) in [6.07, 6.45) is 4.02. The molecule has 0 radical (unpaired) electrons. The molecule has 8 heteroatoms. The summed E-state index contributed by atoms with van der Waals surface area (Å²) in [5, 5.41) is 17.9. The quantitative estimate of drug-likeness (QED) is 0.576. The molecule has 1 heterocycles. The largest absolute Gasteiger partial charge is 0.481 e. The van der Waals surface area contributed by atoms with Crippen LogP contribution in [0.5, 0.6) is 0 Å². The van der Waals surface area contributed by atoms with Gasteiger partial charge in [0, 0.05) is 6.04 Å². The number of nitrogens with zero attached hydrogens (tertiary/aromatic N) is 2. The second kappa shape index (κ2) is 5.68. The number of nitrogens with two attached hydrogens (primary N) is 1. The topological polar surface area (TPSA) is 134 Å². The maximum atomic E-state index is 11.9. The molecule has 5 N–H and O–H groups in total. The number of aromatic amines is 1. The van der Waals surface area contributed by atoms with Crippen molar-refractivity contribution in [2.45, 2.75) is 38.1 Å². The van der Waals surface area contributed by atoms with E-state index in [2.05, 4.69) is 20.5 Å². The van der Waals surface area contributed by atoms with E-state index in [0.29, 0.717) is 12.8 Å². The predicted octanol–water partition coefficient (Wildman–Crippen LogP) is 0.150. The van der Waals surface area contributed by atoms with Gasteiger partial charge in [-0.2, -0.15) is 4.98 Å². The van der Waals surface area contributed by atoms with Crippen LogP contribution in [0.1, 0.15) is 42.7 Å². The number of nitrogens with one attached hydrogen (secondary N) is 2. The summed E-state index contributed by atoms with van der Waals surface area (Å²) >= 11 is 0. The fraction of sp³-hybridized carbons (Fsp3) is 0.636. The predicted molar refractivity (Wildman–Crippen MR) is 66.3 cm³/mol. The van der Waals surface area contributed by atoms with Crippen molar-refractivity contribution < 1.29 is 14.7 Å². The van der Waals surface area contributed by atoms with E-state index in [9.17, 15) is 14.7 Å². The molecule has 1 aliphatic carbocycles. The standard InChI is InChI=1S/C11H17N5O3/c12-11-14-8(15-16-11)9(17)13-7-5-3-1-2-4-6(7)10(18)19/h6-7H,1-5H2,(H,13,17)(H,18,19)(H3,12,14,15,16). The summed E-state index contributed by atoms with van der Waals surface area (Å²) in [7, 11) is 0. The number of carboxylic acid groups (broad SMARTS) is 1. The van der Waals surface area contributed by atoms with Crippen LogP contribution >= 0.6 is 0 Å². The Kier molecular flexibility index (Phi) is 3.98. The van der Waals surface area contributed by atoms with Crippen LogP contribution in [0.15, 0.2) is 0 Å². The van der Waals surface area contributed by atoms with Gasteiger partial charge in [-0.1, -0.05) is 19.3 Å². The van der Waals surface area contributed by atoms with Crippen LogP contribution in [-0.4, -0.2) is 38.2 Å². The molecule has 0 saturated heterocycles. The van der Waals surface area contributed by atoms with E-state index in [1.807, 2.05) is 0 Å². The molecule has 2 rings (SSSR count). The Morgan fingerprint density at radius 3 is 2.68 bits per heavy atom. The van der Waals surface area contributed by atoms with E-state index in [0.717, 1.165) is 19.3 Å². The average molecular weight is 267 g/mol. The first-order valence-corrected chi connectivity index (χ1v) is 6.29. The third kappa shape index (κ3) is 3.21. The zero-order valence-corrected chi connectivity index (χ0v) is 10.4. The van der Waals surface area contributed by atoms with Crippen molar-refractivity contribution in [2.24, 2.45) is 5.92 Å². The van der Waals surface area contributed by atoms with E-state index in [4.69, 9.17) is 5.73 Å². The molecule has 2 atom stereocenters. The highest BCUT2D eigenvalue weighted by atomic mass is 16.4. The van der Waals surface area contributed by atoms with Crippen LogP contribution in [-0.2, 0) is 4.79 Å². The van der Waals surface area contributed by atoms with Crippen molar-refractivity contribution in [3.8, 4) is 0 Å². The molecule has 0 spiro atoms. The van der Waals surface area contributed by atoms with Gasteiger partial charge in [0.2, 0.25) is 11.8 Å². The van der Waals surface area contributed by atoms with E-state index >= 15 is 0 Å². The minimum absolute atomic E-state index is 0.00545. The van der Waals surface area contributed by atoms with E-state index in [-0.39, 0.29) is 17.8 Å². The fourth-order valence-electron chi connectivity index (χ4n) is 2.39. The van der Waals surface area contributed by atoms with Crippen molar-refractivity contribution in [1.82, 2.24) is 20.5 Å². The Balaban J connectivity index is 2.06. The highest BCUT2D eigenvalue weighted by Gasteiger charge is 2.31. The third-order valence-electron chi connectivity index (χ3n) is 3.37. The molecular formula is C11H17N5O3. The van der Waals surface area contributed by atoms with Crippen LogP contribution in [0.4, 0.5) is 5.95 Å². The molecule has 8 nitrogen and oxygen atoms in total. The van der Waals surface area contributed by atoms with Gasteiger partial charge >= 0.3 is 5.97 Å². The first-order valence-electron chi connectivity index (χ1n) is 6.29. The number of rotatable bonds is 3. The van der Waals surface area contributed by atoms with Crippen molar-refractivity contribution in [1.29, 1.82) is 0 Å². The first kappa shape index (κ1) is 13.3. The Labute approximate surface area is 109 Å². The second-order valence-electron chi connectivity index (χ2n) is 4.70. The number of carbonyl (C=O) groups is 2. The number of amides is 1. The fourth-order valence-corrected chi connectivity index (χ4v) is 2.39. The Morgan fingerprint density at radius 1 is 1.32 bits per heavy atom. The number of nitrogen functional groups attached to an aromatic ring is 1. The minimum atomic E-state index is -0.871. The highest BCUT2D eigenvalue weighted by molar-refractivity contribution is 5.91. The van der Waals surface area contributed by atoms with Crippen LogP contribution < -0.4 is 11.1 Å². The maximum Gasteiger partial charge on any atom is 0.308 e. The van der Waals surface area contributed by atoms with Gasteiger partial charge in [-0.05, 0) is 12.8 Å². The molecule has 1 fully saturated rings. The zero-order valence-electron chi connectivity index (χ0n) is 10.4. The summed E-state index contributed by atoms with van der Waals surface area (Å²) in [6, 6.07) is -0.376. The Morgan fingerprint density at radius 2 is 2.05 bits per heavy atom. The number of H-pyrrole nitrogens is 1. The lowest BCUT2D eigenvalue weighted by molar-refractivity contribution is -0.142. The van der Waals surface area contributed by atoms with E-state index < -0.39 is 17.8 Å². The van der Waals surface area contributed by atoms with Gasteiger partial charge in [0.15, 0.2) is 0 Å². The lowest BCUT2D eigenvalue weighted by Crippen LogP contribution is -2.43. The summed E-state index contributed by atoms with van der Waals surface area (Å²) in [6.45, 7) is 0. The van der Waals surface area contributed by atoms with Gasteiger partial charge in [0.05, 0.1) is 5.92 Å². The molecule has 0 aromatic carbocycles. The smallest absolute Gasteiger partial charge is 0.308 e. The van der Waals surface area contributed by atoms with Gasteiger partial charge in [-0.3, -0.25) is 14.7 Å². The molecule has 1 aromatic rings. The Bertz CT molecular complexity index is 473. The number of carboxylic acids is 1. The van der Waals surface area contributed by atoms with Crippen LogP contribution in [0, 0.1) is 5.92 Å². The number of aromatic nitrogens is 3. The van der Waals surface area contributed by atoms with Gasteiger partial charge in [-0.25, -0.2) is 0 Å².